The zero-order valence-corrected chi connectivity index (χ0v) is 12.8. The molecule has 0 fully saturated rings. The monoisotopic (exact) mass is 301 g/mol. The molecule has 0 saturated heterocycles. The van der Waals surface area contributed by atoms with Crippen LogP contribution in [0.4, 0.5) is 0 Å². The van der Waals surface area contributed by atoms with Gasteiger partial charge in [-0.05, 0) is 35.2 Å². The summed E-state index contributed by atoms with van der Waals surface area (Å²) < 4.78 is 0.746. The van der Waals surface area contributed by atoms with Crippen LogP contribution in [0.25, 0.3) is 0 Å². The number of nitrogens with zero attached hydrogens (tertiary/aromatic N) is 2. The first kappa shape index (κ1) is 14.2. The standard InChI is InChI=1S/C12H20BrN3O/c1-7-9(13)10(15-14-7)11(17)16(6)8(2)12(3,4)5/h8H,1-6H3,(H,14,15). The van der Waals surface area contributed by atoms with Gasteiger partial charge in [0.1, 0.15) is 0 Å². The second kappa shape index (κ2) is 4.80. The largest absolute Gasteiger partial charge is 0.337 e. The molecular weight excluding hydrogens is 282 g/mol. The summed E-state index contributed by atoms with van der Waals surface area (Å²) in [6.45, 7) is 10.3. The highest BCUT2D eigenvalue weighted by Gasteiger charge is 2.29. The van der Waals surface area contributed by atoms with E-state index in [0.717, 1.165) is 10.2 Å². The minimum atomic E-state index is -0.0661. The normalized spacial score (nSPS) is 13.6. The molecule has 1 aromatic rings. The van der Waals surface area contributed by atoms with E-state index in [4.69, 9.17) is 0 Å². The summed E-state index contributed by atoms with van der Waals surface area (Å²) in [5, 5.41) is 6.84. The van der Waals surface area contributed by atoms with Crippen LogP contribution in [0.1, 0.15) is 43.9 Å². The molecule has 4 nitrogen and oxygen atoms in total. The second-order valence-corrected chi connectivity index (χ2v) is 6.26. The van der Waals surface area contributed by atoms with Gasteiger partial charge in [0, 0.05) is 18.8 Å². The van der Waals surface area contributed by atoms with E-state index < -0.39 is 0 Å². The molecule has 1 rings (SSSR count). The van der Waals surface area contributed by atoms with E-state index in [2.05, 4.69) is 46.9 Å². The maximum atomic E-state index is 12.3. The minimum Gasteiger partial charge on any atom is -0.337 e. The SMILES string of the molecule is Cc1[nH]nc(C(=O)N(C)C(C)C(C)(C)C)c1Br. The van der Waals surface area contributed by atoms with Gasteiger partial charge in [0.15, 0.2) is 5.69 Å². The van der Waals surface area contributed by atoms with Crippen molar-refractivity contribution in [1.29, 1.82) is 0 Å². The highest BCUT2D eigenvalue weighted by Crippen LogP contribution is 2.26. The van der Waals surface area contributed by atoms with Crippen molar-refractivity contribution in [2.24, 2.45) is 5.41 Å². The Bertz CT molecular complexity index is 420. The van der Waals surface area contributed by atoms with Gasteiger partial charge in [-0.1, -0.05) is 20.8 Å². The molecule has 0 bridgehead atoms. The van der Waals surface area contributed by atoms with E-state index in [-0.39, 0.29) is 17.4 Å². The van der Waals surface area contributed by atoms with Crippen molar-refractivity contribution in [3.8, 4) is 0 Å². The molecule has 96 valence electrons. The Labute approximate surface area is 111 Å². The van der Waals surface area contributed by atoms with Crippen LogP contribution in [0.2, 0.25) is 0 Å². The van der Waals surface area contributed by atoms with E-state index in [1.807, 2.05) is 20.9 Å². The summed E-state index contributed by atoms with van der Waals surface area (Å²) in [4.78, 5) is 14.0. The average molecular weight is 302 g/mol. The number of aromatic nitrogens is 2. The molecular formula is C12H20BrN3O. The predicted octanol–water partition coefficient (Wildman–Crippen LogP) is 2.99. The van der Waals surface area contributed by atoms with Crippen LogP contribution in [0.15, 0.2) is 4.47 Å². The maximum Gasteiger partial charge on any atom is 0.275 e. The topological polar surface area (TPSA) is 49.0 Å². The zero-order valence-electron chi connectivity index (χ0n) is 11.3. The number of carbonyl (C=O) groups is 1. The lowest BCUT2D eigenvalue weighted by atomic mass is 9.87. The predicted molar refractivity (Wildman–Crippen MR) is 72.0 cm³/mol. The van der Waals surface area contributed by atoms with Crippen molar-refractivity contribution < 1.29 is 4.79 Å². The van der Waals surface area contributed by atoms with Crippen molar-refractivity contribution in [2.45, 2.75) is 40.7 Å². The molecule has 0 aliphatic carbocycles. The summed E-state index contributed by atoms with van der Waals surface area (Å²) in [6.07, 6.45) is 0. The van der Waals surface area contributed by atoms with Crippen molar-refractivity contribution in [3.05, 3.63) is 15.9 Å². The number of rotatable bonds is 2. The number of halogens is 1. The van der Waals surface area contributed by atoms with Gasteiger partial charge < -0.3 is 4.90 Å². The van der Waals surface area contributed by atoms with Crippen molar-refractivity contribution in [3.63, 3.8) is 0 Å². The minimum absolute atomic E-state index is 0.0439. The molecule has 0 radical (unpaired) electrons. The van der Waals surface area contributed by atoms with Gasteiger partial charge in [-0.15, -0.1) is 0 Å². The van der Waals surface area contributed by atoms with Gasteiger partial charge in [0.25, 0.3) is 5.91 Å². The maximum absolute atomic E-state index is 12.3. The molecule has 17 heavy (non-hydrogen) atoms. The Hall–Kier alpha value is -0.840. The summed E-state index contributed by atoms with van der Waals surface area (Å²) in [5.41, 5.74) is 1.36. The van der Waals surface area contributed by atoms with E-state index >= 15 is 0 Å². The van der Waals surface area contributed by atoms with E-state index in [0.29, 0.717) is 5.69 Å². The first-order valence-corrected chi connectivity index (χ1v) is 6.43. The fraction of sp³-hybridized carbons (Fsp3) is 0.667. The van der Waals surface area contributed by atoms with Crippen LogP contribution in [-0.4, -0.2) is 34.1 Å². The number of hydrogen-bond donors (Lipinski definition) is 1. The van der Waals surface area contributed by atoms with Gasteiger partial charge in [-0.2, -0.15) is 5.10 Å². The van der Waals surface area contributed by atoms with E-state index in [1.54, 1.807) is 4.90 Å². The molecule has 1 N–H and O–H groups in total. The van der Waals surface area contributed by atoms with Gasteiger partial charge in [-0.3, -0.25) is 9.89 Å². The third-order valence-electron chi connectivity index (χ3n) is 3.23. The molecule has 1 heterocycles. The molecule has 1 unspecified atom stereocenters. The third-order valence-corrected chi connectivity index (χ3v) is 4.20. The molecule has 0 aliphatic heterocycles. The fourth-order valence-corrected chi connectivity index (χ4v) is 1.83. The number of nitrogens with one attached hydrogen (secondary N) is 1. The number of aryl methyl sites for hydroxylation is 1. The highest BCUT2D eigenvalue weighted by atomic mass is 79.9. The average Bonchev–Trinajstić information content (AvgIpc) is 2.55. The van der Waals surface area contributed by atoms with Crippen LogP contribution in [0.3, 0.4) is 0 Å². The molecule has 0 aromatic carbocycles. The Morgan fingerprint density at radius 3 is 2.35 bits per heavy atom. The fourth-order valence-electron chi connectivity index (χ4n) is 1.48. The number of aromatic amines is 1. The summed E-state index contributed by atoms with van der Waals surface area (Å²) in [6, 6.07) is 0.138. The molecule has 1 aromatic heterocycles. The van der Waals surface area contributed by atoms with Crippen LogP contribution >= 0.6 is 15.9 Å². The van der Waals surface area contributed by atoms with Crippen molar-refractivity contribution in [1.82, 2.24) is 15.1 Å². The van der Waals surface area contributed by atoms with Crippen molar-refractivity contribution >= 4 is 21.8 Å². The Morgan fingerprint density at radius 1 is 1.47 bits per heavy atom. The molecule has 0 spiro atoms. The van der Waals surface area contributed by atoms with Crippen LogP contribution in [-0.2, 0) is 0 Å². The number of carbonyl (C=O) groups excluding carboxylic acids is 1. The van der Waals surface area contributed by atoms with Crippen LogP contribution < -0.4 is 0 Å². The van der Waals surface area contributed by atoms with Crippen molar-refractivity contribution in [2.75, 3.05) is 7.05 Å². The van der Waals surface area contributed by atoms with Gasteiger partial charge in [0.05, 0.1) is 4.47 Å². The Morgan fingerprint density at radius 2 is 2.00 bits per heavy atom. The van der Waals surface area contributed by atoms with Crippen LogP contribution in [0.5, 0.6) is 0 Å². The lowest BCUT2D eigenvalue weighted by Gasteiger charge is -2.35. The van der Waals surface area contributed by atoms with Gasteiger partial charge in [0.2, 0.25) is 0 Å². The Kier molecular flexibility index (Phi) is 4.02. The lowest BCUT2D eigenvalue weighted by molar-refractivity contribution is 0.0622. The first-order valence-electron chi connectivity index (χ1n) is 5.64. The van der Waals surface area contributed by atoms with E-state index in [1.165, 1.54) is 0 Å². The number of H-pyrrole nitrogens is 1. The first-order chi connectivity index (χ1) is 7.66. The second-order valence-electron chi connectivity index (χ2n) is 5.47. The highest BCUT2D eigenvalue weighted by molar-refractivity contribution is 9.10. The number of amides is 1. The van der Waals surface area contributed by atoms with Gasteiger partial charge >= 0.3 is 0 Å². The summed E-state index contributed by atoms with van der Waals surface area (Å²) in [7, 11) is 1.81. The van der Waals surface area contributed by atoms with Crippen LogP contribution in [0, 0.1) is 12.3 Å². The Balaban J connectivity index is 2.95. The summed E-state index contributed by atoms with van der Waals surface area (Å²) in [5.74, 6) is -0.0661. The zero-order chi connectivity index (χ0) is 13.4. The number of hydrogen-bond acceptors (Lipinski definition) is 2. The molecule has 0 saturated carbocycles. The summed E-state index contributed by atoms with van der Waals surface area (Å²) >= 11 is 3.38. The third kappa shape index (κ3) is 2.89. The van der Waals surface area contributed by atoms with E-state index in [9.17, 15) is 4.79 Å². The molecule has 0 aliphatic rings. The lowest BCUT2D eigenvalue weighted by Crippen LogP contribution is -2.43. The molecule has 1 atom stereocenters. The molecule has 1 amide bonds. The quantitative estimate of drug-likeness (QED) is 0.913. The van der Waals surface area contributed by atoms with Gasteiger partial charge in [-0.25, -0.2) is 0 Å². The smallest absolute Gasteiger partial charge is 0.275 e. The molecule has 5 heteroatoms.